The maximum absolute atomic E-state index is 13.7. The van der Waals surface area contributed by atoms with E-state index in [1.165, 1.54) is 5.56 Å². The van der Waals surface area contributed by atoms with Crippen molar-refractivity contribution < 1.29 is 14.3 Å². The first-order valence-corrected chi connectivity index (χ1v) is 13.0. The van der Waals surface area contributed by atoms with E-state index in [1.54, 1.807) is 4.90 Å². The Labute approximate surface area is 221 Å². The van der Waals surface area contributed by atoms with Gasteiger partial charge in [0.15, 0.2) is 0 Å². The van der Waals surface area contributed by atoms with Gasteiger partial charge in [-0.1, -0.05) is 77.9 Å². The number of carbonyl (C=O) groups excluding carboxylic acids is 2. The van der Waals surface area contributed by atoms with Crippen molar-refractivity contribution in [3.05, 3.63) is 101 Å². The summed E-state index contributed by atoms with van der Waals surface area (Å²) in [6.45, 7) is 10.7. The zero-order valence-corrected chi connectivity index (χ0v) is 22.8. The highest BCUT2D eigenvalue weighted by Crippen LogP contribution is 2.18. The van der Waals surface area contributed by atoms with Gasteiger partial charge in [0.2, 0.25) is 11.8 Å². The molecule has 0 spiro atoms. The van der Waals surface area contributed by atoms with Crippen LogP contribution in [-0.2, 0) is 22.6 Å². The predicted molar refractivity (Wildman–Crippen MR) is 149 cm³/mol. The van der Waals surface area contributed by atoms with E-state index in [4.69, 9.17) is 4.74 Å². The van der Waals surface area contributed by atoms with Crippen molar-refractivity contribution in [2.75, 3.05) is 6.61 Å². The molecule has 1 atom stereocenters. The Balaban J connectivity index is 1.80. The molecule has 0 aliphatic heterocycles. The minimum Gasteiger partial charge on any atom is -0.494 e. The fourth-order valence-electron chi connectivity index (χ4n) is 4.09. The Kier molecular flexibility index (Phi) is 9.90. The summed E-state index contributed by atoms with van der Waals surface area (Å²) >= 11 is 0. The van der Waals surface area contributed by atoms with E-state index in [0.717, 1.165) is 22.4 Å². The number of aryl methyl sites for hydroxylation is 2. The number of hydrogen-bond acceptors (Lipinski definition) is 3. The Morgan fingerprint density at radius 2 is 1.43 bits per heavy atom. The second-order valence-electron chi connectivity index (χ2n) is 10.7. The van der Waals surface area contributed by atoms with Crippen LogP contribution in [-0.4, -0.2) is 34.9 Å². The zero-order valence-electron chi connectivity index (χ0n) is 22.8. The molecular weight excluding hydrogens is 460 g/mol. The lowest BCUT2D eigenvalue weighted by Crippen LogP contribution is -2.54. The molecule has 37 heavy (non-hydrogen) atoms. The molecular formula is C32H40N2O3. The Morgan fingerprint density at radius 3 is 2.03 bits per heavy atom. The number of amides is 2. The summed E-state index contributed by atoms with van der Waals surface area (Å²) in [5.41, 5.74) is 3.93. The van der Waals surface area contributed by atoms with Crippen molar-refractivity contribution in [2.45, 2.75) is 72.0 Å². The smallest absolute Gasteiger partial charge is 0.243 e. The summed E-state index contributed by atoms with van der Waals surface area (Å²) in [6.07, 6.45) is 1.31. The quantitative estimate of drug-likeness (QED) is 0.328. The number of nitrogens with zero attached hydrogens (tertiary/aromatic N) is 1. The lowest BCUT2D eigenvalue weighted by atomic mass is 10.00. The van der Waals surface area contributed by atoms with Crippen LogP contribution < -0.4 is 10.1 Å². The summed E-state index contributed by atoms with van der Waals surface area (Å²) in [4.78, 5) is 29.0. The minimum atomic E-state index is -0.631. The molecule has 196 valence electrons. The van der Waals surface area contributed by atoms with Crippen LogP contribution in [0.4, 0.5) is 0 Å². The molecule has 0 saturated heterocycles. The van der Waals surface area contributed by atoms with E-state index in [-0.39, 0.29) is 11.8 Å². The third-order valence-electron chi connectivity index (χ3n) is 6.07. The lowest BCUT2D eigenvalue weighted by molar-refractivity contribution is -0.142. The van der Waals surface area contributed by atoms with Gasteiger partial charge in [0, 0.05) is 24.9 Å². The van der Waals surface area contributed by atoms with Crippen LogP contribution >= 0.6 is 0 Å². The number of carbonyl (C=O) groups is 2. The maximum atomic E-state index is 13.7. The molecule has 0 saturated carbocycles. The normalized spacial score (nSPS) is 12.0. The van der Waals surface area contributed by atoms with Gasteiger partial charge in [-0.2, -0.15) is 0 Å². The Hall–Kier alpha value is -3.60. The Morgan fingerprint density at radius 1 is 0.838 bits per heavy atom. The summed E-state index contributed by atoms with van der Waals surface area (Å²) in [7, 11) is 0. The molecule has 0 aromatic heterocycles. The molecule has 0 aliphatic rings. The van der Waals surface area contributed by atoms with Gasteiger partial charge in [-0.05, 0) is 64.3 Å². The summed E-state index contributed by atoms with van der Waals surface area (Å²) in [6, 6.07) is 25.3. The van der Waals surface area contributed by atoms with Gasteiger partial charge >= 0.3 is 0 Å². The molecule has 0 heterocycles. The van der Waals surface area contributed by atoms with Crippen molar-refractivity contribution in [3.63, 3.8) is 0 Å². The van der Waals surface area contributed by atoms with Gasteiger partial charge in [-0.15, -0.1) is 0 Å². The van der Waals surface area contributed by atoms with Crippen LogP contribution in [0.1, 0.15) is 55.9 Å². The average Bonchev–Trinajstić information content (AvgIpc) is 2.85. The van der Waals surface area contributed by atoms with Gasteiger partial charge in [-0.3, -0.25) is 9.59 Å². The molecule has 5 nitrogen and oxygen atoms in total. The molecule has 2 amide bonds. The Bertz CT molecular complexity index is 1130. The summed E-state index contributed by atoms with van der Waals surface area (Å²) < 4.78 is 5.84. The maximum Gasteiger partial charge on any atom is 0.243 e. The molecule has 3 rings (SSSR count). The van der Waals surface area contributed by atoms with Crippen LogP contribution in [0.3, 0.4) is 0 Å². The first-order valence-electron chi connectivity index (χ1n) is 13.0. The zero-order chi connectivity index (χ0) is 26.8. The molecule has 0 aliphatic carbocycles. The third-order valence-corrected chi connectivity index (χ3v) is 6.07. The fourth-order valence-corrected chi connectivity index (χ4v) is 4.09. The third kappa shape index (κ3) is 9.41. The van der Waals surface area contributed by atoms with Gasteiger partial charge in [-0.25, -0.2) is 0 Å². The minimum absolute atomic E-state index is 0.0573. The van der Waals surface area contributed by atoms with Crippen LogP contribution in [0.2, 0.25) is 0 Å². The van der Waals surface area contributed by atoms with Crippen molar-refractivity contribution in [1.29, 1.82) is 0 Å². The van der Waals surface area contributed by atoms with Gasteiger partial charge in [0.1, 0.15) is 11.8 Å². The lowest BCUT2D eigenvalue weighted by Gasteiger charge is -2.34. The SMILES string of the molecule is Cc1ccc(CN(C(=O)CCCOc2ccc(C)cc2)[C@H](Cc2ccccc2)C(=O)NC(C)(C)C)cc1. The largest absolute Gasteiger partial charge is 0.494 e. The van der Waals surface area contributed by atoms with Crippen molar-refractivity contribution in [1.82, 2.24) is 10.2 Å². The molecule has 1 N–H and O–H groups in total. The number of hydrogen-bond donors (Lipinski definition) is 1. The molecule has 0 bridgehead atoms. The predicted octanol–water partition coefficient (Wildman–Crippen LogP) is 6.02. The van der Waals surface area contributed by atoms with Crippen LogP contribution in [0.25, 0.3) is 0 Å². The highest BCUT2D eigenvalue weighted by molar-refractivity contribution is 5.88. The molecule has 3 aromatic carbocycles. The molecule has 0 unspecified atom stereocenters. The second kappa shape index (κ2) is 13.1. The summed E-state index contributed by atoms with van der Waals surface area (Å²) in [5.74, 6) is 0.590. The van der Waals surface area contributed by atoms with E-state index in [1.807, 2.05) is 113 Å². The fraction of sp³-hybridized carbons (Fsp3) is 0.375. The van der Waals surface area contributed by atoms with E-state index >= 15 is 0 Å². The molecule has 0 radical (unpaired) electrons. The van der Waals surface area contributed by atoms with Gasteiger partial charge in [0.05, 0.1) is 6.61 Å². The number of ether oxygens (including phenoxy) is 1. The monoisotopic (exact) mass is 500 g/mol. The topological polar surface area (TPSA) is 58.6 Å². The molecule has 0 fully saturated rings. The molecule has 5 heteroatoms. The van der Waals surface area contributed by atoms with Crippen LogP contribution in [0.15, 0.2) is 78.9 Å². The molecule has 3 aromatic rings. The van der Waals surface area contributed by atoms with E-state index in [9.17, 15) is 9.59 Å². The van der Waals surface area contributed by atoms with E-state index in [0.29, 0.717) is 32.4 Å². The van der Waals surface area contributed by atoms with Gasteiger partial charge in [0.25, 0.3) is 0 Å². The second-order valence-corrected chi connectivity index (χ2v) is 10.7. The number of nitrogens with one attached hydrogen (secondary N) is 1. The van der Waals surface area contributed by atoms with E-state index in [2.05, 4.69) is 5.32 Å². The first-order chi connectivity index (χ1) is 17.6. The standard InChI is InChI=1S/C32H40N2O3/c1-24-13-17-27(18-14-24)23-34(30(35)12-9-21-37-28-19-15-25(2)16-20-28)29(31(36)33-32(3,4)5)22-26-10-7-6-8-11-26/h6-8,10-11,13-20,29H,9,12,21-23H2,1-5H3,(H,33,36)/t29-/m1/s1. The van der Waals surface area contributed by atoms with Crippen LogP contribution in [0, 0.1) is 13.8 Å². The van der Waals surface area contributed by atoms with Crippen molar-refractivity contribution >= 4 is 11.8 Å². The average molecular weight is 501 g/mol. The highest BCUT2D eigenvalue weighted by atomic mass is 16.5. The van der Waals surface area contributed by atoms with Crippen molar-refractivity contribution in [2.24, 2.45) is 0 Å². The van der Waals surface area contributed by atoms with Crippen molar-refractivity contribution in [3.8, 4) is 5.75 Å². The number of rotatable bonds is 11. The number of benzene rings is 3. The highest BCUT2D eigenvalue weighted by Gasteiger charge is 2.32. The van der Waals surface area contributed by atoms with Gasteiger partial charge < -0.3 is 15.0 Å². The first kappa shape index (κ1) is 28.0. The summed E-state index contributed by atoms with van der Waals surface area (Å²) in [5, 5.41) is 3.11. The van der Waals surface area contributed by atoms with Crippen LogP contribution in [0.5, 0.6) is 5.75 Å². The van der Waals surface area contributed by atoms with E-state index < -0.39 is 11.6 Å².